The van der Waals surface area contributed by atoms with Gasteiger partial charge in [-0.2, -0.15) is 0 Å². The second-order valence-corrected chi connectivity index (χ2v) is 18.4. The van der Waals surface area contributed by atoms with Crippen molar-refractivity contribution < 1.29 is 28.6 Å². The van der Waals surface area contributed by atoms with Crippen LogP contribution in [0.2, 0.25) is 0 Å². The maximum atomic E-state index is 13.0. The van der Waals surface area contributed by atoms with E-state index in [2.05, 4.69) is 32.6 Å². The van der Waals surface area contributed by atoms with E-state index in [0.717, 1.165) is 114 Å². The van der Waals surface area contributed by atoms with Crippen molar-refractivity contribution >= 4 is 41.4 Å². The average Bonchev–Trinajstić information content (AvgIpc) is 3.15. The quantitative estimate of drug-likeness (QED) is 0.0260. The van der Waals surface area contributed by atoms with E-state index in [1.807, 2.05) is 14.1 Å². The predicted octanol–water partition coefficient (Wildman–Crippen LogP) is 13.0. The van der Waals surface area contributed by atoms with Crippen LogP contribution < -0.4 is 0 Å². The standard InChI is InChI=1S/C45H87NO6S2/c1-7-11-15-17-18-22-31-40(30-21-16-12-8-2)43(48)50-36-25-19-23-32-41(52-42(47)34-29-35-46(5)6)33-24-20-26-37-51-44(49)45(53-38-27-13-9-3)54-39-28-14-10-4/h40-41,45H,7-39H2,1-6H3. The Morgan fingerprint density at radius 1 is 0.500 bits per heavy atom. The van der Waals surface area contributed by atoms with Crippen molar-refractivity contribution in [3.8, 4) is 0 Å². The molecule has 54 heavy (non-hydrogen) atoms. The van der Waals surface area contributed by atoms with Crippen LogP contribution in [0.15, 0.2) is 0 Å². The number of thioether (sulfide) groups is 2. The van der Waals surface area contributed by atoms with E-state index in [1.165, 1.54) is 77.0 Å². The molecule has 0 heterocycles. The van der Waals surface area contributed by atoms with Crippen LogP contribution in [0.5, 0.6) is 0 Å². The number of hydrogen-bond acceptors (Lipinski definition) is 9. The Balaban J connectivity index is 4.74. The van der Waals surface area contributed by atoms with Gasteiger partial charge in [0.15, 0.2) is 0 Å². The van der Waals surface area contributed by atoms with Crippen molar-refractivity contribution in [1.29, 1.82) is 0 Å². The van der Waals surface area contributed by atoms with Crippen LogP contribution >= 0.6 is 23.5 Å². The van der Waals surface area contributed by atoms with Crippen LogP contribution in [0.3, 0.4) is 0 Å². The molecule has 0 aromatic rings. The molecule has 0 radical (unpaired) electrons. The number of nitrogens with zero attached hydrogens (tertiary/aromatic N) is 1. The summed E-state index contributed by atoms with van der Waals surface area (Å²) in [5.74, 6) is 1.87. The first kappa shape index (κ1) is 53.1. The topological polar surface area (TPSA) is 82.1 Å². The van der Waals surface area contributed by atoms with Gasteiger partial charge < -0.3 is 19.1 Å². The van der Waals surface area contributed by atoms with Crippen LogP contribution in [-0.4, -0.2) is 78.9 Å². The first-order chi connectivity index (χ1) is 26.3. The minimum Gasteiger partial charge on any atom is -0.465 e. The lowest BCUT2D eigenvalue weighted by molar-refractivity contribution is -0.151. The molecule has 9 heteroatoms. The summed E-state index contributed by atoms with van der Waals surface area (Å²) in [5, 5.41) is 0. The van der Waals surface area contributed by atoms with Gasteiger partial charge in [-0.25, -0.2) is 4.79 Å². The molecule has 0 amide bonds. The molecule has 0 aromatic carbocycles. The molecule has 0 aliphatic rings. The molecule has 2 atom stereocenters. The van der Waals surface area contributed by atoms with Crippen molar-refractivity contribution in [2.24, 2.45) is 5.92 Å². The van der Waals surface area contributed by atoms with Crippen LogP contribution in [0.25, 0.3) is 0 Å². The molecule has 0 aliphatic heterocycles. The van der Waals surface area contributed by atoms with Gasteiger partial charge in [0.1, 0.15) is 10.7 Å². The molecule has 0 aromatic heterocycles. The predicted molar refractivity (Wildman–Crippen MR) is 235 cm³/mol. The van der Waals surface area contributed by atoms with Crippen molar-refractivity contribution in [3.05, 3.63) is 0 Å². The minimum absolute atomic E-state index is 0.00208. The summed E-state index contributed by atoms with van der Waals surface area (Å²) in [6, 6.07) is 0. The number of rotatable bonds is 41. The molecule has 0 aliphatic carbocycles. The molecule has 2 unspecified atom stereocenters. The lowest BCUT2D eigenvalue weighted by Crippen LogP contribution is -2.21. The monoisotopic (exact) mass is 802 g/mol. The van der Waals surface area contributed by atoms with Gasteiger partial charge >= 0.3 is 17.9 Å². The van der Waals surface area contributed by atoms with Crippen molar-refractivity contribution in [3.63, 3.8) is 0 Å². The van der Waals surface area contributed by atoms with E-state index in [-0.39, 0.29) is 34.5 Å². The number of unbranched alkanes of at least 4 members (excludes halogenated alkanes) is 16. The van der Waals surface area contributed by atoms with E-state index in [9.17, 15) is 14.4 Å². The fraction of sp³-hybridized carbons (Fsp3) is 0.933. The Hall–Kier alpha value is -0.930. The number of ether oxygens (including phenoxy) is 3. The molecule has 0 fully saturated rings. The molecule has 0 bridgehead atoms. The van der Waals surface area contributed by atoms with Crippen molar-refractivity contribution in [2.75, 3.05) is 45.4 Å². The van der Waals surface area contributed by atoms with Crippen LogP contribution in [0.4, 0.5) is 0 Å². The molecule has 0 rings (SSSR count). The number of carbonyl (C=O) groups is 3. The van der Waals surface area contributed by atoms with Gasteiger partial charge in [-0.05, 0) is 116 Å². The Morgan fingerprint density at radius 2 is 0.926 bits per heavy atom. The lowest BCUT2D eigenvalue weighted by Gasteiger charge is -2.19. The summed E-state index contributed by atoms with van der Waals surface area (Å²) in [4.78, 5) is 40.7. The number of carbonyl (C=O) groups excluding carboxylic acids is 3. The summed E-state index contributed by atoms with van der Waals surface area (Å²) < 4.78 is 17.4. The van der Waals surface area contributed by atoms with Gasteiger partial charge in [-0.3, -0.25) is 9.59 Å². The SMILES string of the molecule is CCCCCCCCC(CCCCCC)C(=O)OCCCCCC(CCCCCOC(=O)C(SCCCCC)SCCCCC)OC(=O)CCCN(C)C. The van der Waals surface area contributed by atoms with Crippen LogP contribution in [0.1, 0.15) is 207 Å². The summed E-state index contributed by atoms with van der Waals surface area (Å²) in [6.45, 7) is 10.7. The van der Waals surface area contributed by atoms with Gasteiger partial charge in [-0.15, -0.1) is 23.5 Å². The van der Waals surface area contributed by atoms with E-state index < -0.39 is 0 Å². The Bertz CT molecular complexity index is 848. The zero-order valence-electron chi connectivity index (χ0n) is 36.3. The largest absolute Gasteiger partial charge is 0.465 e. The third kappa shape index (κ3) is 34.3. The van der Waals surface area contributed by atoms with Crippen LogP contribution in [0, 0.1) is 5.92 Å². The third-order valence-electron chi connectivity index (χ3n) is 9.99. The third-order valence-corrected chi connectivity index (χ3v) is 12.8. The Kier molecular flexibility index (Phi) is 39.6. The second-order valence-electron chi connectivity index (χ2n) is 15.6. The lowest BCUT2D eigenvalue weighted by atomic mass is 9.94. The van der Waals surface area contributed by atoms with E-state index in [4.69, 9.17) is 14.2 Å². The van der Waals surface area contributed by atoms with Crippen molar-refractivity contribution in [1.82, 2.24) is 4.90 Å². The fourth-order valence-electron chi connectivity index (χ4n) is 6.52. The maximum Gasteiger partial charge on any atom is 0.329 e. The first-order valence-corrected chi connectivity index (χ1v) is 24.8. The van der Waals surface area contributed by atoms with E-state index in [0.29, 0.717) is 19.6 Å². The molecule has 0 saturated carbocycles. The van der Waals surface area contributed by atoms with Gasteiger partial charge in [0, 0.05) is 6.42 Å². The highest BCUT2D eigenvalue weighted by atomic mass is 32.2. The Morgan fingerprint density at radius 3 is 1.44 bits per heavy atom. The number of hydrogen-bond donors (Lipinski definition) is 0. The Labute approximate surface area is 343 Å². The molecular formula is C45H87NO6S2. The second kappa shape index (κ2) is 40.3. The summed E-state index contributed by atoms with van der Waals surface area (Å²) in [7, 11) is 4.04. The number of esters is 3. The van der Waals surface area contributed by atoms with Gasteiger partial charge in [-0.1, -0.05) is 118 Å². The fourth-order valence-corrected chi connectivity index (χ4v) is 9.06. The smallest absolute Gasteiger partial charge is 0.329 e. The average molecular weight is 802 g/mol. The van der Waals surface area contributed by atoms with E-state index in [1.54, 1.807) is 23.5 Å². The van der Waals surface area contributed by atoms with Gasteiger partial charge in [0.05, 0.1) is 19.1 Å². The highest BCUT2D eigenvalue weighted by Gasteiger charge is 2.22. The first-order valence-electron chi connectivity index (χ1n) is 22.7. The highest BCUT2D eigenvalue weighted by molar-refractivity contribution is 8.18. The summed E-state index contributed by atoms with van der Waals surface area (Å²) in [5.41, 5.74) is 0. The molecule has 0 spiro atoms. The van der Waals surface area contributed by atoms with Crippen molar-refractivity contribution in [2.45, 2.75) is 218 Å². The molecule has 0 N–H and O–H groups in total. The normalized spacial score (nSPS) is 12.7. The highest BCUT2D eigenvalue weighted by Crippen LogP contribution is 2.28. The molecule has 0 saturated heterocycles. The van der Waals surface area contributed by atoms with Gasteiger partial charge in [0.2, 0.25) is 0 Å². The zero-order chi connectivity index (χ0) is 39.9. The zero-order valence-corrected chi connectivity index (χ0v) is 37.9. The molecule has 7 nitrogen and oxygen atoms in total. The summed E-state index contributed by atoms with van der Waals surface area (Å²) in [6.07, 6.45) is 29.4. The maximum absolute atomic E-state index is 13.0. The van der Waals surface area contributed by atoms with Crippen LogP contribution in [-0.2, 0) is 28.6 Å². The summed E-state index contributed by atoms with van der Waals surface area (Å²) >= 11 is 3.50. The van der Waals surface area contributed by atoms with Gasteiger partial charge in [0.25, 0.3) is 0 Å². The minimum atomic E-state index is -0.124. The van der Waals surface area contributed by atoms with E-state index >= 15 is 0 Å². The molecule has 320 valence electrons. The molecular weight excluding hydrogens is 715 g/mol.